The van der Waals surface area contributed by atoms with Crippen LogP contribution in [0.1, 0.15) is 44.6 Å². The standard InChI is InChI=1S/C21H30N4O/c26-21-23-19-3-1-2-4-20(19)25(21)17-7-11-24(12-8-17)18-13-15-5-9-22-10-6-16(15)14-18/h1-4,15-18,22H,5-14H2,(H,23,26). The lowest BCUT2D eigenvalue weighted by molar-refractivity contribution is 0.132. The number of hydrogen-bond donors (Lipinski definition) is 2. The summed E-state index contributed by atoms with van der Waals surface area (Å²) in [5.41, 5.74) is 2.08. The van der Waals surface area contributed by atoms with E-state index in [2.05, 4.69) is 21.3 Å². The summed E-state index contributed by atoms with van der Waals surface area (Å²) in [6.07, 6.45) is 7.70. The Balaban J connectivity index is 1.26. The van der Waals surface area contributed by atoms with Gasteiger partial charge in [0, 0.05) is 25.2 Å². The third-order valence-electron chi connectivity index (χ3n) is 7.20. The van der Waals surface area contributed by atoms with Crippen LogP contribution in [-0.2, 0) is 0 Å². The van der Waals surface area contributed by atoms with Gasteiger partial charge in [-0.1, -0.05) is 12.1 Å². The zero-order chi connectivity index (χ0) is 17.5. The summed E-state index contributed by atoms with van der Waals surface area (Å²) in [7, 11) is 0. The van der Waals surface area contributed by atoms with Crippen LogP contribution in [0.15, 0.2) is 29.1 Å². The molecule has 5 nitrogen and oxygen atoms in total. The molecule has 0 amide bonds. The molecular formula is C21H30N4O. The summed E-state index contributed by atoms with van der Waals surface area (Å²) < 4.78 is 2.01. The number of likely N-dealkylation sites (tertiary alicyclic amines) is 1. The van der Waals surface area contributed by atoms with Gasteiger partial charge in [-0.3, -0.25) is 4.57 Å². The Hall–Kier alpha value is -1.59. The zero-order valence-corrected chi connectivity index (χ0v) is 15.5. The number of aromatic amines is 1. The minimum Gasteiger partial charge on any atom is -0.317 e. The van der Waals surface area contributed by atoms with Gasteiger partial charge >= 0.3 is 5.69 Å². The van der Waals surface area contributed by atoms with Gasteiger partial charge in [0.15, 0.2) is 0 Å². The molecule has 26 heavy (non-hydrogen) atoms. The van der Waals surface area contributed by atoms with E-state index in [1.54, 1.807) is 0 Å². The van der Waals surface area contributed by atoms with E-state index in [1.165, 1.54) is 38.8 Å². The van der Waals surface area contributed by atoms with Crippen molar-refractivity contribution in [1.29, 1.82) is 0 Å². The van der Waals surface area contributed by atoms with Crippen molar-refractivity contribution < 1.29 is 0 Å². The number of rotatable bonds is 2. The molecule has 5 heteroatoms. The second kappa shape index (κ2) is 6.86. The predicted octanol–water partition coefficient (Wildman–Crippen LogP) is 2.74. The summed E-state index contributed by atoms with van der Waals surface area (Å²) in [4.78, 5) is 18.2. The van der Waals surface area contributed by atoms with Gasteiger partial charge in [-0.25, -0.2) is 4.79 Å². The summed E-state index contributed by atoms with van der Waals surface area (Å²) in [5.74, 6) is 1.87. The smallest absolute Gasteiger partial charge is 0.317 e. The minimum absolute atomic E-state index is 0.0558. The SMILES string of the molecule is O=c1[nH]c2ccccc2n1C1CCN(C2CC3CCNCCC3C2)CC1. The van der Waals surface area contributed by atoms with E-state index in [-0.39, 0.29) is 5.69 Å². The van der Waals surface area contributed by atoms with Crippen LogP contribution in [-0.4, -0.2) is 46.7 Å². The van der Waals surface area contributed by atoms with Crippen molar-refractivity contribution in [2.45, 2.75) is 50.6 Å². The lowest BCUT2D eigenvalue weighted by Gasteiger charge is -2.36. The third kappa shape index (κ3) is 2.91. The van der Waals surface area contributed by atoms with Crippen molar-refractivity contribution >= 4 is 11.0 Å². The Morgan fingerprint density at radius 3 is 2.31 bits per heavy atom. The largest absolute Gasteiger partial charge is 0.326 e. The number of H-pyrrole nitrogens is 1. The van der Waals surface area contributed by atoms with Gasteiger partial charge < -0.3 is 15.2 Å². The molecule has 1 saturated carbocycles. The number of piperidine rings is 1. The predicted molar refractivity (Wildman–Crippen MR) is 105 cm³/mol. The monoisotopic (exact) mass is 354 g/mol. The first kappa shape index (κ1) is 16.6. The van der Waals surface area contributed by atoms with E-state index < -0.39 is 0 Å². The van der Waals surface area contributed by atoms with E-state index in [9.17, 15) is 4.79 Å². The number of para-hydroxylation sites is 2. The molecule has 0 bridgehead atoms. The summed E-state index contributed by atoms with van der Waals surface area (Å²) in [6, 6.07) is 9.20. The van der Waals surface area contributed by atoms with Crippen molar-refractivity contribution in [2.75, 3.05) is 26.2 Å². The third-order valence-corrected chi connectivity index (χ3v) is 7.20. The molecular weight excluding hydrogens is 324 g/mol. The molecule has 1 aromatic heterocycles. The van der Waals surface area contributed by atoms with Crippen molar-refractivity contribution in [1.82, 2.24) is 19.8 Å². The number of aromatic nitrogens is 2. The van der Waals surface area contributed by atoms with Gasteiger partial charge in [0.1, 0.15) is 0 Å². The Morgan fingerprint density at radius 2 is 1.58 bits per heavy atom. The number of hydrogen-bond acceptors (Lipinski definition) is 3. The van der Waals surface area contributed by atoms with Crippen LogP contribution < -0.4 is 11.0 Å². The summed E-state index contributed by atoms with van der Waals surface area (Å²) in [6.45, 7) is 4.69. The average molecular weight is 354 g/mol. The maximum Gasteiger partial charge on any atom is 0.326 e. The van der Waals surface area contributed by atoms with Gasteiger partial charge in [-0.05, 0) is 75.6 Å². The molecule has 1 aliphatic carbocycles. The molecule has 2 saturated heterocycles. The van der Waals surface area contributed by atoms with Crippen molar-refractivity contribution in [3.63, 3.8) is 0 Å². The van der Waals surface area contributed by atoms with Crippen LogP contribution in [0.2, 0.25) is 0 Å². The van der Waals surface area contributed by atoms with Gasteiger partial charge in [0.25, 0.3) is 0 Å². The number of nitrogens with zero attached hydrogens (tertiary/aromatic N) is 2. The van der Waals surface area contributed by atoms with Gasteiger partial charge in [0.2, 0.25) is 0 Å². The highest BCUT2D eigenvalue weighted by molar-refractivity contribution is 5.75. The van der Waals surface area contributed by atoms with Crippen LogP contribution in [0.3, 0.4) is 0 Å². The molecule has 2 aromatic rings. The van der Waals surface area contributed by atoms with Crippen LogP contribution in [0.5, 0.6) is 0 Å². The second-order valence-electron chi connectivity index (χ2n) is 8.56. The highest BCUT2D eigenvalue weighted by Crippen LogP contribution is 2.41. The molecule has 3 fully saturated rings. The normalized spacial score (nSPS) is 31.2. The molecule has 140 valence electrons. The van der Waals surface area contributed by atoms with E-state index >= 15 is 0 Å². The van der Waals surface area contributed by atoms with Crippen LogP contribution >= 0.6 is 0 Å². The fraction of sp³-hybridized carbons (Fsp3) is 0.667. The maximum atomic E-state index is 12.5. The highest BCUT2D eigenvalue weighted by Gasteiger charge is 2.38. The van der Waals surface area contributed by atoms with E-state index in [0.29, 0.717) is 6.04 Å². The first-order valence-corrected chi connectivity index (χ1v) is 10.4. The quantitative estimate of drug-likeness (QED) is 0.872. The number of nitrogens with one attached hydrogen (secondary N) is 2. The first-order chi connectivity index (χ1) is 12.8. The molecule has 3 heterocycles. The maximum absolute atomic E-state index is 12.5. The number of benzene rings is 1. The molecule has 0 radical (unpaired) electrons. The lowest BCUT2D eigenvalue weighted by atomic mass is 9.92. The van der Waals surface area contributed by atoms with Crippen molar-refractivity contribution in [2.24, 2.45) is 11.8 Å². The van der Waals surface area contributed by atoms with Gasteiger partial charge in [-0.2, -0.15) is 0 Å². The van der Waals surface area contributed by atoms with Crippen LogP contribution in [0.4, 0.5) is 0 Å². The lowest BCUT2D eigenvalue weighted by Crippen LogP contribution is -2.42. The fourth-order valence-corrected chi connectivity index (χ4v) is 5.83. The van der Waals surface area contributed by atoms with Crippen LogP contribution in [0, 0.1) is 11.8 Å². The van der Waals surface area contributed by atoms with Crippen molar-refractivity contribution in [3.05, 3.63) is 34.7 Å². The molecule has 1 aromatic carbocycles. The summed E-state index contributed by atoms with van der Waals surface area (Å²) in [5, 5.41) is 3.56. The second-order valence-corrected chi connectivity index (χ2v) is 8.56. The fourth-order valence-electron chi connectivity index (χ4n) is 5.83. The zero-order valence-electron chi connectivity index (χ0n) is 15.5. The Bertz CT molecular complexity index is 803. The van der Waals surface area contributed by atoms with E-state index in [0.717, 1.165) is 54.8 Å². The Morgan fingerprint density at radius 1 is 0.885 bits per heavy atom. The molecule has 2 atom stereocenters. The van der Waals surface area contributed by atoms with E-state index in [1.807, 2.05) is 22.8 Å². The molecule has 0 spiro atoms. The summed E-state index contributed by atoms with van der Waals surface area (Å²) >= 11 is 0. The van der Waals surface area contributed by atoms with Crippen LogP contribution in [0.25, 0.3) is 11.0 Å². The average Bonchev–Trinajstić information content (AvgIpc) is 3.14. The van der Waals surface area contributed by atoms with E-state index in [4.69, 9.17) is 0 Å². The Kier molecular flexibility index (Phi) is 4.37. The van der Waals surface area contributed by atoms with Gasteiger partial charge in [0.05, 0.1) is 11.0 Å². The highest BCUT2D eigenvalue weighted by atomic mass is 16.1. The molecule has 2 unspecified atom stereocenters. The van der Waals surface area contributed by atoms with Gasteiger partial charge in [-0.15, -0.1) is 0 Å². The minimum atomic E-state index is 0.0558. The molecule has 3 aliphatic rings. The molecule has 2 N–H and O–H groups in total. The van der Waals surface area contributed by atoms with Crippen molar-refractivity contribution in [3.8, 4) is 0 Å². The Labute approximate surface area is 154 Å². The first-order valence-electron chi connectivity index (χ1n) is 10.4. The number of fused-ring (bicyclic) bond motifs is 2. The topological polar surface area (TPSA) is 53.1 Å². The molecule has 2 aliphatic heterocycles. The number of imidazole rings is 1. The molecule has 5 rings (SSSR count).